The SMILES string of the molecule is N=C(/C=C/c1cc(Cl)cc(Cl)c1)Nc1ccc(Cl)cc1. The summed E-state index contributed by atoms with van der Waals surface area (Å²) in [5.74, 6) is 0.253. The largest absolute Gasteiger partial charge is 0.341 e. The average molecular weight is 326 g/mol. The maximum atomic E-state index is 7.84. The second kappa shape index (κ2) is 6.80. The van der Waals surface area contributed by atoms with E-state index < -0.39 is 0 Å². The Morgan fingerprint density at radius 2 is 1.50 bits per heavy atom. The van der Waals surface area contributed by atoms with Gasteiger partial charge in [0, 0.05) is 20.8 Å². The van der Waals surface area contributed by atoms with E-state index in [0.717, 1.165) is 11.3 Å². The van der Waals surface area contributed by atoms with E-state index in [1.165, 1.54) is 0 Å². The summed E-state index contributed by atoms with van der Waals surface area (Å²) in [4.78, 5) is 0. The number of hydrogen-bond acceptors (Lipinski definition) is 1. The van der Waals surface area contributed by atoms with Gasteiger partial charge in [-0.1, -0.05) is 40.9 Å². The molecule has 0 aromatic heterocycles. The Hall–Kier alpha value is -1.48. The van der Waals surface area contributed by atoms with Crippen molar-refractivity contribution < 1.29 is 0 Å². The minimum atomic E-state index is 0.253. The second-order valence-corrected chi connectivity index (χ2v) is 5.39. The molecule has 0 aliphatic carbocycles. The van der Waals surface area contributed by atoms with Gasteiger partial charge in [-0.15, -0.1) is 0 Å². The molecule has 2 aromatic rings. The molecule has 2 N–H and O–H groups in total. The molecule has 20 heavy (non-hydrogen) atoms. The first-order chi connectivity index (χ1) is 9.52. The van der Waals surface area contributed by atoms with Gasteiger partial charge >= 0.3 is 0 Å². The smallest absolute Gasteiger partial charge is 0.122 e. The molecule has 2 aromatic carbocycles. The molecule has 5 heteroatoms. The van der Waals surface area contributed by atoms with Crippen molar-refractivity contribution >= 4 is 52.4 Å². The molecule has 0 radical (unpaired) electrons. The predicted octanol–water partition coefficient (Wildman–Crippen LogP) is 5.75. The van der Waals surface area contributed by atoms with Crippen molar-refractivity contribution in [3.05, 3.63) is 69.2 Å². The van der Waals surface area contributed by atoms with Gasteiger partial charge in [0.25, 0.3) is 0 Å². The molecule has 0 unspecified atom stereocenters. The zero-order chi connectivity index (χ0) is 14.5. The van der Waals surface area contributed by atoms with E-state index in [1.807, 2.05) is 0 Å². The van der Waals surface area contributed by atoms with Gasteiger partial charge in [-0.3, -0.25) is 5.41 Å². The molecule has 0 saturated carbocycles. The lowest BCUT2D eigenvalue weighted by Gasteiger charge is -2.04. The number of anilines is 1. The Labute approximate surface area is 132 Å². The van der Waals surface area contributed by atoms with Crippen molar-refractivity contribution in [1.82, 2.24) is 0 Å². The lowest BCUT2D eigenvalue weighted by atomic mass is 10.2. The third-order valence-electron chi connectivity index (χ3n) is 2.45. The van der Waals surface area contributed by atoms with Crippen LogP contribution >= 0.6 is 34.8 Å². The molecule has 0 aliphatic heterocycles. The maximum Gasteiger partial charge on any atom is 0.122 e. The van der Waals surface area contributed by atoms with Gasteiger partial charge in [0.2, 0.25) is 0 Å². The molecule has 0 spiro atoms. The van der Waals surface area contributed by atoms with Crippen LogP contribution in [0.3, 0.4) is 0 Å². The maximum absolute atomic E-state index is 7.84. The lowest BCUT2D eigenvalue weighted by Crippen LogP contribution is -2.06. The van der Waals surface area contributed by atoms with Crippen LogP contribution in [0.4, 0.5) is 5.69 Å². The molecule has 0 saturated heterocycles. The summed E-state index contributed by atoms with van der Waals surface area (Å²) < 4.78 is 0. The number of nitrogens with one attached hydrogen (secondary N) is 2. The quantitative estimate of drug-likeness (QED) is 0.547. The number of hydrogen-bond donors (Lipinski definition) is 2. The summed E-state index contributed by atoms with van der Waals surface area (Å²) in [5, 5.41) is 12.6. The number of benzene rings is 2. The van der Waals surface area contributed by atoms with Crippen LogP contribution in [0.5, 0.6) is 0 Å². The van der Waals surface area contributed by atoms with Crippen LogP contribution in [0.1, 0.15) is 5.56 Å². The first kappa shape index (κ1) is 14.9. The van der Waals surface area contributed by atoms with Crippen LogP contribution in [0.15, 0.2) is 48.5 Å². The third-order valence-corrected chi connectivity index (χ3v) is 3.14. The summed E-state index contributed by atoms with van der Waals surface area (Å²) in [6.45, 7) is 0. The second-order valence-electron chi connectivity index (χ2n) is 4.08. The van der Waals surface area contributed by atoms with E-state index in [0.29, 0.717) is 15.1 Å². The first-order valence-corrected chi connectivity index (χ1v) is 6.91. The number of amidine groups is 1. The van der Waals surface area contributed by atoms with E-state index >= 15 is 0 Å². The first-order valence-electron chi connectivity index (χ1n) is 5.78. The Kier molecular flexibility index (Phi) is 5.07. The van der Waals surface area contributed by atoms with Gasteiger partial charge in [-0.2, -0.15) is 0 Å². The minimum absolute atomic E-state index is 0.253. The van der Waals surface area contributed by atoms with Crippen LogP contribution in [0, 0.1) is 5.41 Å². The van der Waals surface area contributed by atoms with E-state index in [-0.39, 0.29) is 5.84 Å². The Morgan fingerprint density at radius 3 is 2.10 bits per heavy atom. The van der Waals surface area contributed by atoms with Crippen LogP contribution in [0.2, 0.25) is 15.1 Å². The standard InChI is InChI=1S/C15H11Cl3N2/c16-11-2-4-14(5-3-11)20-15(19)6-1-10-7-12(17)9-13(18)8-10/h1-9H,(H2,19,20)/b6-1+. The molecular weight excluding hydrogens is 315 g/mol. The Morgan fingerprint density at radius 1 is 0.900 bits per heavy atom. The third kappa shape index (κ3) is 4.57. The van der Waals surface area contributed by atoms with Gasteiger partial charge in [0.1, 0.15) is 5.84 Å². The molecule has 102 valence electrons. The van der Waals surface area contributed by atoms with E-state index in [4.69, 9.17) is 40.2 Å². The van der Waals surface area contributed by atoms with E-state index in [2.05, 4.69) is 5.32 Å². The van der Waals surface area contributed by atoms with Crippen LogP contribution in [0.25, 0.3) is 6.08 Å². The van der Waals surface area contributed by atoms with E-state index in [1.54, 1.807) is 54.6 Å². The molecule has 0 amide bonds. The molecule has 0 bridgehead atoms. The molecule has 0 aliphatic rings. The average Bonchev–Trinajstić information content (AvgIpc) is 2.38. The summed E-state index contributed by atoms with van der Waals surface area (Å²) >= 11 is 17.6. The highest BCUT2D eigenvalue weighted by atomic mass is 35.5. The molecule has 2 rings (SSSR count). The van der Waals surface area contributed by atoms with Gasteiger partial charge in [-0.25, -0.2) is 0 Å². The zero-order valence-corrected chi connectivity index (χ0v) is 12.6. The Balaban J connectivity index is 2.03. The number of rotatable bonds is 3. The topological polar surface area (TPSA) is 35.9 Å². The fourth-order valence-electron chi connectivity index (χ4n) is 1.58. The zero-order valence-electron chi connectivity index (χ0n) is 10.3. The van der Waals surface area contributed by atoms with Gasteiger partial charge in [0.15, 0.2) is 0 Å². The minimum Gasteiger partial charge on any atom is -0.341 e. The van der Waals surface area contributed by atoms with Crippen LogP contribution in [-0.2, 0) is 0 Å². The predicted molar refractivity (Wildman–Crippen MR) is 88.3 cm³/mol. The summed E-state index contributed by atoms with van der Waals surface area (Å²) in [7, 11) is 0. The molecule has 2 nitrogen and oxygen atoms in total. The lowest BCUT2D eigenvalue weighted by molar-refractivity contribution is 1.48. The van der Waals surface area contributed by atoms with Gasteiger partial charge in [-0.05, 0) is 54.1 Å². The molecule has 0 fully saturated rings. The molecule has 0 atom stereocenters. The summed E-state index contributed by atoms with van der Waals surface area (Å²) in [6.07, 6.45) is 3.40. The summed E-state index contributed by atoms with van der Waals surface area (Å²) in [5.41, 5.74) is 1.64. The fourth-order valence-corrected chi connectivity index (χ4v) is 2.25. The van der Waals surface area contributed by atoms with Crippen molar-refractivity contribution in [1.29, 1.82) is 5.41 Å². The highest BCUT2D eigenvalue weighted by Crippen LogP contribution is 2.20. The molecular formula is C15H11Cl3N2. The van der Waals surface area contributed by atoms with E-state index in [9.17, 15) is 0 Å². The highest BCUT2D eigenvalue weighted by Gasteiger charge is 1.97. The number of halogens is 3. The van der Waals surface area contributed by atoms with Crippen molar-refractivity contribution in [2.75, 3.05) is 5.32 Å². The van der Waals surface area contributed by atoms with Gasteiger partial charge in [0.05, 0.1) is 0 Å². The fraction of sp³-hybridized carbons (Fsp3) is 0. The summed E-state index contributed by atoms with van der Waals surface area (Å²) in [6, 6.07) is 12.4. The van der Waals surface area contributed by atoms with Crippen molar-refractivity contribution in [2.45, 2.75) is 0 Å². The van der Waals surface area contributed by atoms with Crippen molar-refractivity contribution in [3.8, 4) is 0 Å². The van der Waals surface area contributed by atoms with Crippen LogP contribution < -0.4 is 5.32 Å². The molecule has 0 heterocycles. The monoisotopic (exact) mass is 324 g/mol. The van der Waals surface area contributed by atoms with Crippen LogP contribution in [-0.4, -0.2) is 5.84 Å². The van der Waals surface area contributed by atoms with Crippen molar-refractivity contribution in [2.24, 2.45) is 0 Å². The van der Waals surface area contributed by atoms with Gasteiger partial charge < -0.3 is 5.32 Å². The Bertz CT molecular complexity index is 628. The van der Waals surface area contributed by atoms with Crippen molar-refractivity contribution in [3.63, 3.8) is 0 Å². The normalized spacial score (nSPS) is 10.8. The highest BCUT2D eigenvalue weighted by molar-refractivity contribution is 6.34.